The SMILES string of the molecule is CC(C)(C)OC(=O)NC1CCN(C2C(F)CC3C(=O)C(C(=O)N4CCCCC4c4cccnc4)=CN4C5CC6CCCCC6CC5OC2C34)C1. The molecular weight excluding hydrogens is 637 g/mol. The van der Waals surface area contributed by atoms with E-state index in [0.29, 0.717) is 37.9 Å². The first-order valence-corrected chi connectivity index (χ1v) is 19.3. The summed E-state index contributed by atoms with van der Waals surface area (Å²) in [6, 6.07) is 2.80. The fraction of sp³-hybridized carbons (Fsp3) is 0.744. The van der Waals surface area contributed by atoms with Gasteiger partial charge in [0.25, 0.3) is 5.91 Å². The van der Waals surface area contributed by atoms with Crippen molar-refractivity contribution in [1.82, 2.24) is 25.0 Å². The normalized spacial score (nSPS) is 38.8. The third-order valence-corrected chi connectivity index (χ3v) is 12.9. The average molecular weight is 692 g/mol. The molecule has 0 aromatic carbocycles. The van der Waals surface area contributed by atoms with E-state index in [4.69, 9.17) is 9.47 Å². The highest BCUT2D eigenvalue weighted by molar-refractivity contribution is 6.20. The number of pyridine rings is 1. The number of hydrogen-bond donors (Lipinski definition) is 1. The van der Waals surface area contributed by atoms with E-state index in [0.717, 1.165) is 37.7 Å². The van der Waals surface area contributed by atoms with Crippen molar-refractivity contribution in [3.8, 4) is 0 Å². The number of ether oxygens (including phenoxy) is 2. The van der Waals surface area contributed by atoms with E-state index in [9.17, 15) is 14.4 Å². The molecule has 2 amide bonds. The van der Waals surface area contributed by atoms with E-state index in [-0.39, 0.29) is 54.0 Å². The third kappa shape index (κ3) is 6.35. The van der Waals surface area contributed by atoms with Crippen LogP contribution in [0.5, 0.6) is 0 Å². The van der Waals surface area contributed by atoms with Crippen LogP contribution in [0.1, 0.15) is 103 Å². The molecule has 3 saturated carbocycles. The van der Waals surface area contributed by atoms with Gasteiger partial charge in [-0.15, -0.1) is 0 Å². The van der Waals surface area contributed by atoms with E-state index in [1.807, 2.05) is 50.2 Å². The highest BCUT2D eigenvalue weighted by Gasteiger charge is 2.61. The Morgan fingerprint density at radius 2 is 1.78 bits per heavy atom. The molecule has 3 aliphatic carbocycles. The topological polar surface area (TPSA) is 104 Å². The fourth-order valence-electron chi connectivity index (χ4n) is 10.8. The number of aromatic nitrogens is 1. The van der Waals surface area contributed by atoms with Crippen LogP contribution in [-0.4, -0.2) is 105 Å². The summed E-state index contributed by atoms with van der Waals surface area (Å²) in [5, 5.41) is 2.99. The summed E-state index contributed by atoms with van der Waals surface area (Å²) < 4.78 is 29.4. The molecule has 1 aromatic heterocycles. The zero-order chi connectivity index (χ0) is 34.7. The first-order chi connectivity index (χ1) is 24.1. The monoisotopic (exact) mass is 691 g/mol. The summed E-state index contributed by atoms with van der Waals surface area (Å²) in [4.78, 5) is 52.3. The molecule has 1 N–H and O–H groups in total. The summed E-state index contributed by atoms with van der Waals surface area (Å²) in [6.07, 6.45) is 13.4. The number of nitrogens with one attached hydrogen (secondary N) is 1. The summed E-state index contributed by atoms with van der Waals surface area (Å²) in [5.41, 5.74) is 0.590. The van der Waals surface area contributed by atoms with Crippen molar-refractivity contribution in [2.45, 2.75) is 146 Å². The van der Waals surface area contributed by atoms with Gasteiger partial charge in [0.05, 0.1) is 41.9 Å². The van der Waals surface area contributed by atoms with Gasteiger partial charge in [0.15, 0.2) is 5.78 Å². The molecule has 0 spiro atoms. The number of Topliss-reactive ketones (excluding diaryl/α,β-unsaturated/α-hetero) is 1. The first-order valence-electron chi connectivity index (χ1n) is 19.3. The molecular formula is C39H54FN5O5. The van der Waals surface area contributed by atoms with Crippen molar-refractivity contribution < 1.29 is 28.2 Å². The van der Waals surface area contributed by atoms with E-state index in [1.165, 1.54) is 25.7 Å². The number of likely N-dealkylation sites (tertiary alicyclic amines) is 2. The molecule has 11 heteroatoms. The van der Waals surface area contributed by atoms with Crippen LogP contribution in [0.4, 0.5) is 9.18 Å². The van der Waals surface area contributed by atoms with E-state index >= 15 is 4.39 Å². The maximum Gasteiger partial charge on any atom is 0.407 e. The van der Waals surface area contributed by atoms with Gasteiger partial charge in [-0.05, 0) is 89.2 Å². The second-order valence-corrected chi connectivity index (χ2v) is 17.1. The Morgan fingerprint density at radius 1 is 1.00 bits per heavy atom. The molecule has 0 bridgehead atoms. The Bertz CT molecular complexity index is 1480. The van der Waals surface area contributed by atoms with Crippen LogP contribution in [0.2, 0.25) is 0 Å². The Kier molecular flexibility index (Phi) is 9.19. The van der Waals surface area contributed by atoms with Crippen LogP contribution in [0.3, 0.4) is 0 Å². The van der Waals surface area contributed by atoms with Crippen molar-refractivity contribution in [3.05, 3.63) is 41.9 Å². The third-order valence-electron chi connectivity index (χ3n) is 12.9. The van der Waals surface area contributed by atoms with E-state index < -0.39 is 35.9 Å². The molecule has 8 rings (SSSR count). The van der Waals surface area contributed by atoms with Crippen molar-refractivity contribution in [2.75, 3.05) is 19.6 Å². The molecule has 3 saturated heterocycles. The summed E-state index contributed by atoms with van der Waals surface area (Å²) in [5.74, 6) is 0.0793. The molecule has 11 unspecified atom stereocenters. The number of piperidine rings is 1. The smallest absolute Gasteiger partial charge is 0.407 e. The summed E-state index contributed by atoms with van der Waals surface area (Å²) in [6.45, 7) is 7.22. The van der Waals surface area contributed by atoms with Gasteiger partial charge in [-0.2, -0.15) is 0 Å². The maximum absolute atomic E-state index is 16.8. The molecule has 10 nitrogen and oxygen atoms in total. The fourth-order valence-corrected chi connectivity index (χ4v) is 10.8. The van der Waals surface area contributed by atoms with Gasteiger partial charge in [0.2, 0.25) is 0 Å². The number of nitrogens with zero attached hydrogens (tertiary/aromatic N) is 4. The number of ketones is 1. The maximum atomic E-state index is 16.8. The van der Waals surface area contributed by atoms with E-state index in [2.05, 4.69) is 20.1 Å². The lowest BCUT2D eigenvalue weighted by Crippen LogP contribution is -2.73. The van der Waals surface area contributed by atoms with Crippen LogP contribution in [0, 0.1) is 17.8 Å². The Balaban J connectivity index is 1.10. The Hall–Kier alpha value is -3.05. The highest BCUT2D eigenvalue weighted by atomic mass is 19.1. The quantitative estimate of drug-likeness (QED) is 0.423. The van der Waals surface area contributed by atoms with Gasteiger partial charge in [-0.25, -0.2) is 9.18 Å². The Morgan fingerprint density at radius 3 is 2.54 bits per heavy atom. The molecule has 272 valence electrons. The lowest BCUT2D eigenvalue weighted by Gasteiger charge is -2.61. The highest BCUT2D eigenvalue weighted by Crippen LogP contribution is 2.51. The standard InChI is InChI=1S/C39H54FN5O5/c1-39(2,3)50-38(48)42-26-13-16-43(21-26)34-29(40)19-27-33-36(34)49-32-18-24-10-5-4-9-23(24)17-31(32)45(33)22-28(35(27)46)37(47)44-15-7-6-12-30(44)25-11-8-14-41-20-25/h8,11,14,20,22-24,26-27,29-34,36H,4-7,9-10,12-13,15-19,21H2,1-3H3,(H,42,48). The van der Waals surface area contributed by atoms with Gasteiger partial charge in [-0.3, -0.25) is 19.5 Å². The lowest BCUT2D eigenvalue weighted by atomic mass is 9.64. The molecule has 0 radical (unpaired) electrons. The number of amides is 2. The number of alkyl halides is 1. The van der Waals surface area contributed by atoms with Gasteiger partial charge < -0.3 is 24.6 Å². The minimum Gasteiger partial charge on any atom is -0.444 e. The number of morpholine rings is 1. The summed E-state index contributed by atoms with van der Waals surface area (Å²) in [7, 11) is 0. The van der Waals surface area contributed by atoms with Gasteiger partial charge >= 0.3 is 6.09 Å². The number of rotatable bonds is 4. The zero-order valence-corrected chi connectivity index (χ0v) is 29.8. The van der Waals surface area contributed by atoms with Gasteiger partial charge in [-0.1, -0.05) is 31.7 Å². The molecule has 7 aliphatic rings. The molecule has 6 fully saturated rings. The van der Waals surface area contributed by atoms with Gasteiger partial charge in [0.1, 0.15) is 11.8 Å². The van der Waals surface area contributed by atoms with Crippen molar-refractivity contribution in [1.29, 1.82) is 0 Å². The predicted molar refractivity (Wildman–Crippen MR) is 185 cm³/mol. The second-order valence-electron chi connectivity index (χ2n) is 17.1. The van der Waals surface area contributed by atoms with Gasteiger partial charge in [0, 0.05) is 50.2 Å². The molecule has 11 atom stereocenters. The molecule has 50 heavy (non-hydrogen) atoms. The van der Waals surface area contributed by atoms with Crippen molar-refractivity contribution >= 4 is 17.8 Å². The first kappa shape index (κ1) is 34.1. The predicted octanol–water partition coefficient (Wildman–Crippen LogP) is 5.33. The number of fused-ring (bicyclic) bond motifs is 3. The van der Waals surface area contributed by atoms with Crippen molar-refractivity contribution in [3.63, 3.8) is 0 Å². The molecule has 1 aromatic rings. The van der Waals surface area contributed by atoms with Crippen molar-refractivity contribution in [2.24, 2.45) is 17.8 Å². The zero-order valence-electron chi connectivity index (χ0n) is 29.8. The number of alkyl carbamates (subject to hydrolysis) is 1. The largest absolute Gasteiger partial charge is 0.444 e. The minimum absolute atomic E-state index is 0.0569. The molecule has 5 heterocycles. The number of carbonyl (C=O) groups excluding carboxylic acids is 3. The number of carbonyl (C=O) groups is 3. The van der Waals surface area contributed by atoms with E-state index in [1.54, 1.807) is 6.20 Å². The number of hydrogen-bond acceptors (Lipinski definition) is 8. The average Bonchev–Trinajstić information content (AvgIpc) is 3.55. The minimum atomic E-state index is -1.30. The lowest BCUT2D eigenvalue weighted by molar-refractivity contribution is -0.219. The molecule has 4 aliphatic heterocycles. The van der Waals surface area contributed by atoms with Crippen LogP contribution in [0.15, 0.2) is 36.3 Å². The number of halogens is 1. The Labute approximate surface area is 295 Å². The van der Waals surface area contributed by atoms with Crippen LogP contribution < -0.4 is 5.32 Å². The van der Waals surface area contributed by atoms with Crippen LogP contribution in [0.25, 0.3) is 0 Å². The van der Waals surface area contributed by atoms with Crippen LogP contribution in [-0.2, 0) is 19.1 Å². The summed E-state index contributed by atoms with van der Waals surface area (Å²) >= 11 is 0. The second kappa shape index (κ2) is 13.5. The van der Waals surface area contributed by atoms with Crippen LogP contribution >= 0.6 is 0 Å².